The molecule has 1 aliphatic carbocycles. The van der Waals surface area contributed by atoms with Gasteiger partial charge in [-0.3, -0.25) is 14.0 Å². The zero-order chi connectivity index (χ0) is 25.7. The molecule has 2 aliphatic rings. The lowest BCUT2D eigenvalue weighted by atomic mass is 9.98. The number of hydrogen-bond donors (Lipinski definition) is 2. The number of nitrogens with two attached hydrogens (primary N) is 1. The molecule has 2 amide bonds. The van der Waals surface area contributed by atoms with Crippen LogP contribution in [0.1, 0.15) is 53.9 Å². The molecule has 6 rings (SSSR count). The van der Waals surface area contributed by atoms with Crippen molar-refractivity contribution >= 4 is 34.3 Å². The molecule has 0 unspecified atom stereocenters. The third kappa shape index (κ3) is 4.26. The Hall–Kier alpha value is -4.08. The summed E-state index contributed by atoms with van der Waals surface area (Å²) in [6, 6.07) is 7.65. The van der Waals surface area contributed by atoms with Crippen molar-refractivity contribution < 1.29 is 18.4 Å². The number of aromatic nitrogens is 3. The first kappa shape index (κ1) is 23.3. The zero-order valence-electron chi connectivity index (χ0n) is 20.1. The van der Waals surface area contributed by atoms with E-state index in [-0.39, 0.29) is 17.3 Å². The topological polar surface area (TPSA) is 106 Å². The van der Waals surface area contributed by atoms with Crippen molar-refractivity contribution in [3.63, 3.8) is 0 Å². The maximum Gasteiger partial charge on any atom is 0.248 e. The van der Waals surface area contributed by atoms with Crippen LogP contribution in [0.25, 0.3) is 27.9 Å². The summed E-state index contributed by atoms with van der Waals surface area (Å²) in [6.45, 7) is 1.96. The van der Waals surface area contributed by atoms with Crippen LogP contribution in [-0.4, -0.2) is 50.7 Å². The fourth-order valence-electron chi connectivity index (χ4n) is 5.15. The normalized spacial score (nSPS) is 15.7. The Kier molecular flexibility index (Phi) is 5.73. The summed E-state index contributed by atoms with van der Waals surface area (Å²) in [5, 5.41) is 3.27. The lowest BCUT2D eigenvalue weighted by Crippen LogP contribution is -2.27. The van der Waals surface area contributed by atoms with Crippen LogP contribution in [0.2, 0.25) is 0 Å². The number of anilines is 1. The third-order valence-corrected chi connectivity index (χ3v) is 7.16. The molecule has 3 heterocycles. The number of amides is 2. The van der Waals surface area contributed by atoms with Crippen molar-refractivity contribution in [3.8, 4) is 11.3 Å². The van der Waals surface area contributed by atoms with Crippen LogP contribution >= 0.6 is 0 Å². The van der Waals surface area contributed by atoms with Gasteiger partial charge in [0.25, 0.3) is 0 Å². The van der Waals surface area contributed by atoms with Gasteiger partial charge in [0.2, 0.25) is 11.8 Å². The predicted molar refractivity (Wildman–Crippen MR) is 135 cm³/mol. The van der Waals surface area contributed by atoms with Crippen LogP contribution in [0.4, 0.5) is 14.6 Å². The molecule has 0 bridgehead atoms. The standard InChI is InChI=1S/C27H26F2N6O2/c28-19-12-21-22(13-20(19)29)35-23(16-6-7-17(25(30)37)18(11-16)15-4-5-15)14-32-27(35)26(33-21)31-8-2-10-34-9-1-3-24(34)36/h6-7,11-15H,1-5,8-10H2,(H2,30,37)(H,31,33). The molecule has 1 saturated heterocycles. The van der Waals surface area contributed by atoms with E-state index in [0.29, 0.717) is 54.2 Å². The monoisotopic (exact) mass is 504 g/mol. The van der Waals surface area contributed by atoms with Crippen LogP contribution in [0.5, 0.6) is 0 Å². The van der Waals surface area contributed by atoms with Gasteiger partial charge in [-0.2, -0.15) is 0 Å². The average molecular weight is 505 g/mol. The Bertz CT molecular complexity index is 1560. The van der Waals surface area contributed by atoms with Crippen molar-refractivity contribution in [3.05, 3.63) is 59.3 Å². The summed E-state index contributed by atoms with van der Waals surface area (Å²) in [5.74, 6) is -1.54. The van der Waals surface area contributed by atoms with E-state index >= 15 is 0 Å². The Balaban J connectivity index is 1.41. The molecule has 3 N–H and O–H groups in total. The number of rotatable bonds is 8. The number of likely N-dealkylation sites (tertiary alicyclic amines) is 1. The van der Waals surface area contributed by atoms with E-state index < -0.39 is 17.5 Å². The van der Waals surface area contributed by atoms with Crippen molar-refractivity contribution in [1.82, 2.24) is 19.3 Å². The largest absolute Gasteiger partial charge is 0.367 e. The van der Waals surface area contributed by atoms with E-state index in [1.807, 2.05) is 11.0 Å². The number of primary amides is 1. The maximum absolute atomic E-state index is 14.3. The third-order valence-electron chi connectivity index (χ3n) is 7.16. The van der Waals surface area contributed by atoms with Crippen LogP contribution in [-0.2, 0) is 4.79 Å². The van der Waals surface area contributed by atoms with Crippen molar-refractivity contribution in [2.24, 2.45) is 5.73 Å². The molecule has 10 heteroatoms. The highest BCUT2D eigenvalue weighted by Crippen LogP contribution is 2.43. The smallest absolute Gasteiger partial charge is 0.248 e. The quantitative estimate of drug-likeness (QED) is 0.350. The Morgan fingerprint density at radius 1 is 1.16 bits per heavy atom. The first-order valence-corrected chi connectivity index (χ1v) is 12.5. The van der Waals surface area contributed by atoms with Gasteiger partial charge < -0.3 is 16.0 Å². The summed E-state index contributed by atoms with van der Waals surface area (Å²) in [4.78, 5) is 34.8. The molecule has 8 nitrogen and oxygen atoms in total. The van der Waals surface area contributed by atoms with Crippen molar-refractivity contribution in [1.29, 1.82) is 0 Å². The number of nitrogens with zero attached hydrogens (tertiary/aromatic N) is 4. The van der Waals surface area contributed by atoms with Gasteiger partial charge in [0, 0.05) is 49.3 Å². The molecule has 37 heavy (non-hydrogen) atoms. The molecule has 0 spiro atoms. The maximum atomic E-state index is 14.3. The van der Waals surface area contributed by atoms with E-state index in [1.165, 1.54) is 0 Å². The minimum atomic E-state index is -0.985. The molecule has 2 aromatic heterocycles. The number of carbonyl (C=O) groups is 2. The molecule has 1 aliphatic heterocycles. The molecule has 4 aromatic rings. The lowest BCUT2D eigenvalue weighted by molar-refractivity contribution is -0.127. The van der Waals surface area contributed by atoms with E-state index in [4.69, 9.17) is 5.73 Å². The van der Waals surface area contributed by atoms with E-state index in [0.717, 1.165) is 49.1 Å². The first-order chi connectivity index (χ1) is 17.9. The summed E-state index contributed by atoms with van der Waals surface area (Å²) in [7, 11) is 0. The SMILES string of the molecule is NC(=O)c1ccc(-c2cnc3c(NCCCN4CCCC4=O)nc4cc(F)c(F)cc4n23)cc1C1CC1. The van der Waals surface area contributed by atoms with Gasteiger partial charge in [0.1, 0.15) is 0 Å². The number of fused-ring (bicyclic) bond motifs is 3. The molecule has 2 fully saturated rings. The van der Waals surface area contributed by atoms with Gasteiger partial charge in [-0.15, -0.1) is 0 Å². The number of benzene rings is 2. The molecular weight excluding hydrogens is 478 g/mol. The van der Waals surface area contributed by atoms with Gasteiger partial charge in [0.15, 0.2) is 23.1 Å². The summed E-state index contributed by atoms with van der Waals surface area (Å²) >= 11 is 0. The molecule has 1 saturated carbocycles. The molecule has 190 valence electrons. The lowest BCUT2D eigenvalue weighted by Gasteiger charge is -2.16. The second-order valence-electron chi connectivity index (χ2n) is 9.72. The van der Waals surface area contributed by atoms with Crippen LogP contribution in [0.3, 0.4) is 0 Å². The summed E-state index contributed by atoms with van der Waals surface area (Å²) in [6.07, 6.45) is 5.85. The highest BCUT2D eigenvalue weighted by Gasteiger charge is 2.28. The number of carbonyl (C=O) groups excluding carboxylic acids is 2. The second-order valence-corrected chi connectivity index (χ2v) is 9.72. The van der Waals surface area contributed by atoms with Crippen LogP contribution in [0, 0.1) is 11.6 Å². The van der Waals surface area contributed by atoms with E-state index in [9.17, 15) is 18.4 Å². The minimum Gasteiger partial charge on any atom is -0.367 e. The van der Waals surface area contributed by atoms with Crippen molar-refractivity contribution in [2.45, 2.75) is 38.0 Å². The van der Waals surface area contributed by atoms with Gasteiger partial charge in [-0.05, 0) is 49.3 Å². The fraction of sp³-hybridized carbons (Fsp3) is 0.333. The van der Waals surface area contributed by atoms with Crippen LogP contribution < -0.4 is 11.1 Å². The first-order valence-electron chi connectivity index (χ1n) is 12.5. The number of halogens is 2. The Morgan fingerprint density at radius 2 is 1.97 bits per heavy atom. The molecule has 2 aromatic carbocycles. The van der Waals surface area contributed by atoms with Gasteiger partial charge >= 0.3 is 0 Å². The van der Waals surface area contributed by atoms with Crippen molar-refractivity contribution in [2.75, 3.05) is 25.0 Å². The summed E-state index contributed by atoms with van der Waals surface area (Å²) < 4.78 is 30.3. The second kappa shape index (κ2) is 9.10. The molecular formula is C27H26F2N6O2. The van der Waals surface area contributed by atoms with Crippen LogP contribution in [0.15, 0.2) is 36.5 Å². The van der Waals surface area contributed by atoms with Gasteiger partial charge in [-0.25, -0.2) is 18.7 Å². The Morgan fingerprint density at radius 3 is 2.70 bits per heavy atom. The van der Waals surface area contributed by atoms with Gasteiger partial charge in [0.05, 0.1) is 22.9 Å². The minimum absolute atomic E-state index is 0.176. The average Bonchev–Trinajstić information content (AvgIpc) is 3.50. The number of hydrogen-bond acceptors (Lipinski definition) is 5. The molecule has 0 radical (unpaired) electrons. The fourth-order valence-corrected chi connectivity index (χ4v) is 5.15. The zero-order valence-corrected chi connectivity index (χ0v) is 20.1. The summed E-state index contributed by atoms with van der Waals surface area (Å²) in [5.41, 5.74) is 9.57. The number of imidazole rings is 1. The predicted octanol–water partition coefficient (Wildman–Crippen LogP) is 4.23. The number of nitrogens with one attached hydrogen (secondary N) is 1. The van der Waals surface area contributed by atoms with E-state index in [2.05, 4.69) is 15.3 Å². The van der Waals surface area contributed by atoms with Gasteiger partial charge in [-0.1, -0.05) is 6.07 Å². The van der Waals surface area contributed by atoms with E-state index in [1.54, 1.807) is 22.7 Å². The highest BCUT2D eigenvalue weighted by molar-refractivity contribution is 5.95. The Labute approximate surface area is 211 Å². The highest BCUT2D eigenvalue weighted by atomic mass is 19.2. The molecule has 0 atom stereocenters.